The van der Waals surface area contributed by atoms with E-state index in [1.54, 1.807) is 7.11 Å². The number of hydrogen-bond acceptors (Lipinski definition) is 4. The first-order valence-electron chi connectivity index (χ1n) is 9.07. The summed E-state index contributed by atoms with van der Waals surface area (Å²) in [5, 5.41) is 6.24. The fourth-order valence-corrected chi connectivity index (χ4v) is 3.15. The highest BCUT2D eigenvalue weighted by Crippen LogP contribution is 2.30. The molecule has 0 spiro atoms. The Kier molecular flexibility index (Phi) is 8.58. The third-order valence-electron chi connectivity index (χ3n) is 4.47. The lowest BCUT2D eigenvalue weighted by Gasteiger charge is -2.23. The van der Waals surface area contributed by atoms with Gasteiger partial charge in [-0.15, -0.1) is 12.4 Å². The standard InChI is InChI=1S/C21H26N2O3.ClH/c1-25-13-11-22-15-20(24)23-21(16-6-3-2-4-7-16)18-9-10-19-17(14-18)8-5-12-26-19;/h2-4,6-7,9-10,14,21-22H,5,8,11-13,15H2,1H3,(H,23,24);1H. The van der Waals surface area contributed by atoms with Crippen LogP contribution in [0.5, 0.6) is 5.75 Å². The molecule has 3 rings (SSSR count). The van der Waals surface area contributed by atoms with Gasteiger partial charge in [0.2, 0.25) is 5.91 Å². The summed E-state index contributed by atoms with van der Waals surface area (Å²) >= 11 is 0. The van der Waals surface area contributed by atoms with E-state index in [-0.39, 0.29) is 30.9 Å². The van der Waals surface area contributed by atoms with E-state index in [4.69, 9.17) is 9.47 Å². The lowest BCUT2D eigenvalue weighted by atomic mass is 9.95. The minimum absolute atomic E-state index is 0. The van der Waals surface area contributed by atoms with Crippen LogP contribution >= 0.6 is 12.4 Å². The second-order valence-electron chi connectivity index (χ2n) is 6.40. The maximum Gasteiger partial charge on any atom is 0.234 e. The number of amides is 1. The average molecular weight is 391 g/mol. The molecular weight excluding hydrogens is 364 g/mol. The zero-order valence-corrected chi connectivity index (χ0v) is 16.4. The van der Waals surface area contributed by atoms with Crippen LogP contribution in [0.2, 0.25) is 0 Å². The summed E-state index contributed by atoms with van der Waals surface area (Å²) in [5.41, 5.74) is 3.35. The molecular formula is C21H27ClN2O3. The number of rotatable bonds is 8. The normalized spacial score (nSPS) is 13.7. The van der Waals surface area contributed by atoms with Crippen LogP contribution in [-0.4, -0.2) is 39.3 Å². The molecule has 1 unspecified atom stereocenters. The van der Waals surface area contributed by atoms with Crippen molar-refractivity contribution in [2.75, 3.05) is 33.4 Å². The number of hydrogen-bond donors (Lipinski definition) is 2. The predicted octanol–water partition coefficient (Wildman–Crippen LogP) is 2.88. The molecule has 1 aliphatic rings. The Morgan fingerprint density at radius 2 is 2.00 bits per heavy atom. The summed E-state index contributed by atoms with van der Waals surface area (Å²) in [7, 11) is 1.65. The zero-order chi connectivity index (χ0) is 18.2. The fourth-order valence-electron chi connectivity index (χ4n) is 3.15. The Morgan fingerprint density at radius 1 is 1.19 bits per heavy atom. The second-order valence-corrected chi connectivity index (χ2v) is 6.40. The van der Waals surface area contributed by atoms with Crippen molar-refractivity contribution >= 4 is 18.3 Å². The Labute approximate surface area is 166 Å². The molecule has 2 aromatic rings. The first-order valence-corrected chi connectivity index (χ1v) is 9.07. The average Bonchev–Trinajstić information content (AvgIpc) is 2.70. The van der Waals surface area contributed by atoms with Crippen molar-refractivity contribution in [3.63, 3.8) is 0 Å². The molecule has 5 nitrogen and oxygen atoms in total. The van der Waals surface area contributed by atoms with Crippen LogP contribution in [-0.2, 0) is 16.0 Å². The summed E-state index contributed by atoms with van der Waals surface area (Å²) in [4.78, 5) is 12.4. The van der Waals surface area contributed by atoms with Crippen LogP contribution in [0.1, 0.15) is 29.2 Å². The summed E-state index contributed by atoms with van der Waals surface area (Å²) in [6.07, 6.45) is 2.04. The molecule has 0 saturated heterocycles. The van der Waals surface area contributed by atoms with Crippen molar-refractivity contribution in [3.05, 3.63) is 65.2 Å². The molecule has 1 amide bonds. The van der Waals surface area contributed by atoms with Gasteiger partial charge in [-0.2, -0.15) is 0 Å². The summed E-state index contributed by atoms with van der Waals surface area (Å²) in [6, 6.07) is 16.1. The molecule has 0 fully saturated rings. The van der Waals surface area contributed by atoms with Crippen LogP contribution < -0.4 is 15.4 Å². The monoisotopic (exact) mass is 390 g/mol. The molecule has 1 heterocycles. The van der Waals surface area contributed by atoms with Gasteiger partial charge in [0.15, 0.2) is 0 Å². The SMILES string of the molecule is COCCNCC(=O)NC(c1ccccc1)c1ccc2c(c1)CCCO2.Cl. The molecule has 0 radical (unpaired) electrons. The molecule has 27 heavy (non-hydrogen) atoms. The van der Waals surface area contributed by atoms with E-state index in [1.807, 2.05) is 42.5 Å². The van der Waals surface area contributed by atoms with Gasteiger partial charge >= 0.3 is 0 Å². The van der Waals surface area contributed by atoms with E-state index in [0.29, 0.717) is 13.2 Å². The predicted molar refractivity (Wildman–Crippen MR) is 109 cm³/mol. The van der Waals surface area contributed by atoms with Gasteiger partial charge in [-0.1, -0.05) is 36.4 Å². The largest absolute Gasteiger partial charge is 0.493 e. The van der Waals surface area contributed by atoms with Crippen molar-refractivity contribution in [1.82, 2.24) is 10.6 Å². The summed E-state index contributed by atoms with van der Waals surface area (Å²) in [6.45, 7) is 2.27. The van der Waals surface area contributed by atoms with Gasteiger partial charge in [0.1, 0.15) is 5.75 Å². The number of fused-ring (bicyclic) bond motifs is 1. The number of carbonyl (C=O) groups excluding carboxylic acids is 1. The summed E-state index contributed by atoms with van der Waals surface area (Å²) in [5.74, 6) is 0.920. The van der Waals surface area contributed by atoms with Crippen molar-refractivity contribution in [2.45, 2.75) is 18.9 Å². The van der Waals surface area contributed by atoms with Crippen molar-refractivity contribution < 1.29 is 14.3 Å². The van der Waals surface area contributed by atoms with E-state index in [0.717, 1.165) is 36.3 Å². The smallest absolute Gasteiger partial charge is 0.234 e. The number of ether oxygens (including phenoxy) is 2. The zero-order valence-electron chi connectivity index (χ0n) is 15.6. The van der Waals surface area contributed by atoms with E-state index >= 15 is 0 Å². The van der Waals surface area contributed by atoms with Crippen LogP contribution in [0, 0.1) is 0 Å². The lowest BCUT2D eigenvalue weighted by Crippen LogP contribution is -2.37. The highest BCUT2D eigenvalue weighted by Gasteiger charge is 2.19. The topological polar surface area (TPSA) is 59.6 Å². The first-order chi connectivity index (χ1) is 12.8. The van der Waals surface area contributed by atoms with E-state index in [9.17, 15) is 4.79 Å². The minimum atomic E-state index is -0.180. The van der Waals surface area contributed by atoms with Gasteiger partial charge in [-0.3, -0.25) is 4.79 Å². The Balaban J connectivity index is 0.00000261. The Morgan fingerprint density at radius 3 is 2.78 bits per heavy atom. The second kappa shape index (κ2) is 10.9. The molecule has 0 bridgehead atoms. The number of methoxy groups -OCH3 is 1. The number of aryl methyl sites for hydroxylation is 1. The number of nitrogens with one attached hydrogen (secondary N) is 2. The number of carbonyl (C=O) groups is 1. The van der Waals surface area contributed by atoms with Gasteiger partial charge in [0, 0.05) is 13.7 Å². The molecule has 0 aromatic heterocycles. The van der Waals surface area contributed by atoms with Gasteiger partial charge in [0.25, 0.3) is 0 Å². The Bertz CT molecular complexity index is 725. The maximum atomic E-state index is 12.4. The van der Waals surface area contributed by atoms with Gasteiger partial charge in [-0.25, -0.2) is 0 Å². The molecule has 1 aliphatic heterocycles. The molecule has 2 aromatic carbocycles. The number of benzene rings is 2. The lowest BCUT2D eigenvalue weighted by molar-refractivity contribution is -0.120. The number of halogens is 1. The van der Waals surface area contributed by atoms with Crippen LogP contribution in [0.15, 0.2) is 48.5 Å². The van der Waals surface area contributed by atoms with E-state index < -0.39 is 0 Å². The van der Waals surface area contributed by atoms with E-state index in [2.05, 4.69) is 16.7 Å². The van der Waals surface area contributed by atoms with Crippen LogP contribution in [0.3, 0.4) is 0 Å². The molecule has 6 heteroatoms. The summed E-state index contributed by atoms with van der Waals surface area (Å²) < 4.78 is 10.7. The van der Waals surface area contributed by atoms with Crippen molar-refractivity contribution in [1.29, 1.82) is 0 Å². The highest BCUT2D eigenvalue weighted by atomic mass is 35.5. The first kappa shape index (κ1) is 21.2. The van der Waals surface area contributed by atoms with Crippen LogP contribution in [0.4, 0.5) is 0 Å². The Hall–Kier alpha value is -2.08. The third kappa shape index (κ3) is 5.96. The highest BCUT2D eigenvalue weighted by molar-refractivity contribution is 5.85. The molecule has 1 atom stereocenters. The van der Waals surface area contributed by atoms with Crippen molar-refractivity contribution in [3.8, 4) is 5.75 Å². The third-order valence-corrected chi connectivity index (χ3v) is 4.47. The van der Waals surface area contributed by atoms with Crippen LogP contribution in [0.25, 0.3) is 0 Å². The molecule has 0 saturated carbocycles. The maximum absolute atomic E-state index is 12.4. The molecule has 0 aliphatic carbocycles. The van der Waals surface area contributed by atoms with Gasteiger partial charge in [0.05, 0.1) is 25.8 Å². The fraction of sp³-hybridized carbons (Fsp3) is 0.381. The van der Waals surface area contributed by atoms with Crippen molar-refractivity contribution in [2.24, 2.45) is 0 Å². The van der Waals surface area contributed by atoms with E-state index in [1.165, 1.54) is 5.56 Å². The van der Waals surface area contributed by atoms with Gasteiger partial charge in [-0.05, 0) is 41.7 Å². The molecule has 2 N–H and O–H groups in total. The quantitative estimate of drug-likeness (QED) is 0.680. The minimum Gasteiger partial charge on any atom is -0.493 e. The molecule has 146 valence electrons. The van der Waals surface area contributed by atoms with Gasteiger partial charge < -0.3 is 20.1 Å².